The Bertz CT molecular complexity index is 863. The van der Waals surface area contributed by atoms with Gasteiger partial charge in [0.2, 0.25) is 17.7 Å². The molecule has 8 heteroatoms. The van der Waals surface area contributed by atoms with Crippen LogP contribution in [0.3, 0.4) is 0 Å². The molecule has 2 fully saturated rings. The van der Waals surface area contributed by atoms with E-state index in [0.717, 1.165) is 37.9 Å². The number of nitrogens with zero attached hydrogens (tertiary/aromatic N) is 1. The van der Waals surface area contributed by atoms with Crippen molar-refractivity contribution in [3.05, 3.63) is 35.4 Å². The first-order chi connectivity index (χ1) is 15.5. The maximum atomic E-state index is 13.4. The molecule has 3 aliphatic rings. The zero-order valence-corrected chi connectivity index (χ0v) is 19.7. The van der Waals surface area contributed by atoms with Crippen LogP contribution in [0, 0.1) is 0 Å². The van der Waals surface area contributed by atoms with Crippen LogP contribution in [0.4, 0.5) is 0 Å². The fourth-order valence-corrected chi connectivity index (χ4v) is 6.48. The first-order valence-corrected chi connectivity index (χ1v) is 12.8. The highest BCUT2D eigenvalue weighted by molar-refractivity contribution is 7.99. The first-order valence-electron chi connectivity index (χ1n) is 11.8. The van der Waals surface area contributed by atoms with E-state index < -0.39 is 6.04 Å². The zero-order chi connectivity index (χ0) is 22.7. The Labute approximate surface area is 194 Å². The van der Waals surface area contributed by atoms with Crippen LogP contribution in [0.2, 0.25) is 0 Å². The van der Waals surface area contributed by atoms with Crippen LogP contribution in [0.25, 0.3) is 0 Å². The van der Waals surface area contributed by atoms with Crippen molar-refractivity contribution in [2.45, 2.75) is 81.4 Å². The van der Waals surface area contributed by atoms with Crippen molar-refractivity contribution >= 4 is 29.5 Å². The van der Waals surface area contributed by atoms with Gasteiger partial charge in [0.25, 0.3) is 0 Å². The Morgan fingerprint density at radius 1 is 1.12 bits per heavy atom. The summed E-state index contributed by atoms with van der Waals surface area (Å²) in [5.74, 6) is 0.612. The van der Waals surface area contributed by atoms with Crippen molar-refractivity contribution < 1.29 is 14.4 Å². The van der Waals surface area contributed by atoms with Gasteiger partial charge in [0, 0.05) is 12.5 Å². The maximum absolute atomic E-state index is 13.4. The lowest BCUT2D eigenvalue weighted by Gasteiger charge is -2.32. The van der Waals surface area contributed by atoms with Gasteiger partial charge in [0.1, 0.15) is 6.04 Å². The van der Waals surface area contributed by atoms with Gasteiger partial charge in [-0.05, 0) is 69.4 Å². The predicted octanol–water partition coefficient (Wildman–Crippen LogP) is 2.12. The second-order valence-corrected chi connectivity index (χ2v) is 10.4. The molecule has 5 atom stereocenters. The van der Waals surface area contributed by atoms with Gasteiger partial charge in [0.15, 0.2) is 0 Å². The molecule has 1 aliphatic carbocycles. The summed E-state index contributed by atoms with van der Waals surface area (Å²) in [5.41, 5.74) is 2.54. The highest BCUT2D eigenvalue weighted by Crippen LogP contribution is 2.37. The number of nitrogens with one attached hydrogen (secondary N) is 3. The third kappa shape index (κ3) is 4.96. The minimum absolute atomic E-state index is 0.00351. The molecule has 2 heterocycles. The normalized spacial score (nSPS) is 28.3. The third-order valence-electron chi connectivity index (χ3n) is 6.99. The number of aryl methyl sites for hydroxylation is 1. The summed E-state index contributed by atoms with van der Waals surface area (Å²) in [6.07, 6.45) is 5.74. The molecule has 2 aliphatic heterocycles. The number of rotatable bonds is 6. The summed E-state index contributed by atoms with van der Waals surface area (Å²) >= 11 is 1.77. The number of hydrogen-bond donors (Lipinski definition) is 3. The van der Waals surface area contributed by atoms with Crippen LogP contribution in [0.15, 0.2) is 24.3 Å². The molecular formula is C24H34N4O3S. The Hall–Kier alpha value is -2.06. The van der Waals surface area contributed by atoms with Crippen molar-refractivity contribution in [1.82, 2.24) is 20.9 Å². The van der Waals surface area contributed by atoms with Crippen LogP contribution in [-0.4, -0.2) is 58.9 Å². The van der Waals surface area contributed by atoms with Gasteiger partial charge >= 0.3 is 0 Å². The number of carbonyl (C=O) groups excluding carboxylic acids is 3. The highest BCUT2D eigenvalue weighted by atomic mass is 32.2. The summed E-state index contributed by atoms with van der Waals surface area (Å²) in [5, 5.41) is 9.16. The van der Waals surface area contributed by atoms with Crippen LogP contribution >= 0.6 is 11.8 Å². The van der Waals surface area contributed by atoms with Gasteiger partial charge in [0.05, 0.1) is 17.5 Å². The highest BCUT2D eigenvalue weighted by Gasteiger charge is 2.43. The van der Waals surface area contributed by atoms with Crippen LogP contribution in [-0.2, 0) is 20.8 Å². The quantitative estimate of drug-likeness (QED) is 0.608. The minimum atomic E-state index is -0.523. The fraction of sp³-hybridized carbons (Fsp3) is 0.625. The van der Waals surface area contributed by atoms with E-state index in [1.165, 1.54) is 11.1 Å². The number of carbonyl (C=O) groups is 3. The summed E-state index contributed by atoms with van der Waals surface area (Å²) in [7, 11) is 1.73. The van der Waals surface area contributed by atoms with E-state index >= 15 is 0 Å². The molecule has 0 radical (unpaired) electrons. The van der Waals surface area contributed by atoms with Crippen LogP contribution in [0.1, 0.15) is 62.6 Å². The average molecular weight is 459 g/mol. The lowest BCUT2D eigenvalue weighted by atomic mass is 9.87. The second-order valence-electron chi connectivity index (χ2n) is 9.08. The molecule has 3 N–H and O–H groups in total. The molecule has 1 unspecified atom stereocenters. The maximum Gasteiger partial charge on any atom is 0.246 e. The number of benzene rings is 1. The fourth-order valence-electron chi connectivity index (χ4n) is 5.09. The van der Waals surface area contributed by atoms with Crippen molar-refractivity contribution in [3.8, 4) is 0 Å². The zero-order valence-electron chi connectivity index (χ0n) is 18.9. The van der Waals surface area contributed by atoms with E-state index in [9.17, 15) is 14.4 Å². The molecule has 0 aromatic heterocycles. The molecule has 1 aromatic carbocycles. The smallest absolute Gasteiger partial charge is 0.246 e. The van der Waals surface area contributed by atoms with E-state index in [1.807, 2.05) is 11.0 Å². The van der Waals surface area contributed by atoms with E-state index in [-0.39, 0.29) is 41.2 Å². The SMILES string of the molecule is CN[C@@H](C)C(=O)N[C@H]1CCS[C@H]2CCC(CC(=O)N[C@@H]3CCCc4ccccc43)N2C1=O. The molecule has 0 bridgehead atoms. The molecule has 2 saturated heterocycles. The molecule has 7 nitrogen and oxygen atoms in total. The largest absolute Gasteiger partial charge is 0.349 e. The van der Waals surface area contributed by atoms with Crippen molar-refractivity contribution in [3.63, 3.8) is 0 Å². The van der Waals surface area contributed by atoms with E-state index in [4.69, 9.17) is 0 Å². The number of fused-ring (bicyclic) bond motifs is 2. The predicted molar refractivity (Wildman–Crippen MR) is 126 cm³/mol. The van der Waals surface area contributed by atoms with Crippen LogP contribution < -0.4 is 16.0 Å². The number of likely N-dealkylation sites (N-methyl/N-ethyl adjacent to an activating group) is 1. The molecule has 0 saturated carbocycles. The molecule has 4 rings (SSSR count). The Balaban J connectivity index is 1.40. The topological polar surface area (TPSA) is 90.5 Å². The molecular weight excluding hydrogens is 424 g/mol. The summed E-state index contributed by atoms with van der Waals surface area (Å²) in [4.78, 5) is 40.6. The van der Waals surface area contributed by atoms with E-state index in [2.05, 4.69) is 34.1 Å². The third-order valence-corrected chi connectivity index (χ3v) is 8.31. The summed E-state index contributed by atoms with van der Waals surface area (Å²) in [6, 6.07) is 7.40. The van der Waals surface area contributed by atoms with Gasteiger partial charge in [-0.3, -0.25) is 14.4 Å². The molecule has 32 heavy (non-hydrogen) atoms. The lowest BCUT2D eigenvalue weighted by molar-refractivity contribution is -0.138. The first kappa shape index (κ1) is 23.1. The molecule has 174 valence electrons. The molecule has 1 aromatic rings. The van der Waals surface area contributed by atoms with Gasteiger partial charge < -0.3 is 20.9 Å². The van der Waals surface area contributed by atoms with Gasteiger partial charge in [-0.2, -0.15) is 0 Å². The summed E-state index contributed by atoms with van der Waals surface area (Å²) < 4.78 is 0. The number of amides is 3. The average Bonchev–Trinajstić information content (AvgIpc) is 3.12. The standard InChI is InChI=1S/C24H34N4O3S/c1-15(25-2)23(30)27-20-12-13-32-22-11-10-17(28(22)24(20)31)14-21(29)26-19-9-5-7-16-6-3-4-8-18(16)19/h3-4,6,8,15,17,19-20,22,25H,5,7,9-14H2,1-2H3,(H,26,29)(H,27,30)/t15-,17?,19+,20-,22-/m0/s1. The van der Waals surface area contributed by atoms with Gasteiger partial charge in [-0.1, -0.05) is 24.3 Å². The lowest BCUT2D eigenvalue weighted by Crippen LogP contribution is -2.54. The summed E-state index contributed by atoms with van der Waals surface area (Å²) in [6.45, 7) is 1.78. The van der Waals surface area contributed by atoms with Crippen molar-refractivity contribution in [1.29, 1.82) is 0 Å². The van der Waals surface area contributed by atoms with Gasteiger partial charge in [-0.15, -0.1) is 11.8 Å². The minimum Gasteiger partial charge on any atom is -0.349 e. The number of hydrogen-bond acceptors (Lipinski definition) is 5. The number of thioether (sulfide) groups is 1. The Kier molecular flexibility index (Phi) is 7.40. The Morgan fingerprint density at radius 3 is 2.75 bits per heavy atom. The van der Waals surface area contributed by atoms with E-state index in [0.29, 0.717) is 12.8 Å². The van der Waals surface area contributed by atoms with Crippen molar-refractivity contribution in [2.75, 3.05) is 12.8 Å². The molecule has 0 spiro atoms. The Morgan fingerprint density at radius 2 is 1.94 bits per heavy atom. The van der Waals surface area contributed by atoms with Crippen LogP contribution in [0.5, 0.6) is 0 Å². The van der Waals surface area contributed by atoms with Crippen molar-refractivity contribution in [2.24, 2.45) is 0 Å². The second kappa shape index (κ2) is 10.3. The van der Waals surface area contributed by atoms with Gasteiger partial charge in [-0.25, -0.2) is 0 Å². The van der Waals surface area contributed by atoms with E-state index in [1.54, 1.807) is 25.7 Å². The monoisotopic (exact) mass is 458 g/mol. The molecule has 3 amide bonds.